The number of aliphatic hydroxyl groups excluding tert-OH is 1. The van der Waals surface area contributed by atoms with Crippen molar-refractivity contribution < 1.29 is 24.2 Å². The minimum absolute atomic E-state index is 0.185. The summed E-state index contributed by atoms with van der Waals surface area (Å²) in [5.74, 6) is -2.68. The molecule has 4 aliphatic rings. The Labute approximate surface area is 294 Å². The minimum atomic E-state index is -1.43. The van der Waals surface area contributed by atoms with E-state index in [2.05, 4.69) is 18.7 Å². The van der Waals surface area contributed by atoms with Gasteiger partial charge in [0.25, 0.3) is 5.91 Å². The molecule has 0 aromatic heterocycles. The van der Waals surface area contributed by atoms with Crippen molar-refractivity contribution in [3.05, 3.63) is 120 Å². The lowest BCUT2D eigenvalue weighted by molar-refractivity contribution is -0.151. The largest absolute Gasteiger partial charge is 0.394 e. The van der Waals surface area contributed by atoms with Gasteiger partial charge in [-0.1, -0.05) is 85.0 Å². The average Bonchev–Trinajstić information content (AvgIpc) is 3.41. The number of hydrogen-bond donors (Lipinski definition) is 1. The number of ether oxygens (including phenoxy) is 1. The van der Waals surface area contributed by atoms with Crippen molar-refractivity contribution in [2.75, 3.05) is 42.6 Å². The topological polar surface area (TPSA) is 93.6 Å². The van der Waals surface area contributed by atoms with Crippen LogP contribution >= 0.6 is 0 Å². The van der Waals surface area contributed by atoms with Crippen LogP contribution < -0.4 is 9.80 Å². The lowest BCUT2D eigenvalue weighted by atomic mass is 9.74. The Kier molecular flexibility index (Phi) is 9.13. The summed E-state index contributed by atoms with van der Waals surface area (Å²) in [7, 11) is 0. The highest BCUT2D eigenvalue weighted by Crippen LogP contribution is 2.58. The predicted molar refractivity (Wildman–Crippen MR) is 193 cm³/mol. The molecule has 260 valence electrons. The zero-order valence-electron chi connectivity index (χ0n) is 29.0. The molecule has 0 radical (unpaired) electrons. The van der Waals surface area contributed by atoms with Gasteiger partial charge in [-0.25, -0.2) is 0 Å². The molecule has 2 saturated heterocycles. The first-order chi connectivity index (χ1) is 24.2. The first kappa shape index (κ1) is 33.8. The van der Waals surface area contributed by atoms with Crippen molar-refractivity contribution in [1.29, 1.82) is 0 Å². The number of carbonyl (C=O) groups excluding carboxylic acids is 3. The number of rotatable bonds is 10. The molecule has 0 bridgehead atoms. The van der Waals surface area contributed by atoms with Crippen molar-refractivity contribution in [1.82, 2.24) is 9.80 Å². The Morgan fingerprint density at radius 2 is 1.44 bits per heavy atom. The summed E-state index contributed by atoms with van der Waals surface area (Å²) < 4.78 is 7.06. The van der Waals surface area contributed by atoms with Crippen molar-refractivity contribution in [3.63, 3.8) is 0 Å². The number of carbonyl (C=O) groups is 3. The third-order valence-electron chi connectivity index (χ3n) is 11.0. The van der Waals surface area contributed by atoms with Gasteiger partial charge in [-0.2, -0.15) is 0 Å². The maximum Gasteiger partial charge on any atom is 0.253 e. The normalized spacial score (nSPS) is 27.9. The number of nitrogens with zero attached hydrogens (tertiary/aromatic N) is 4. The van der Waals surface area contributed by atoms with Gasteiger partial charge in [0.2, 0.25) is 11.8 Å². The maximum absolute atomic E-state index is 15.1. The van der Waals surface area contributed by atoms with E-state index >= 15 is 9.59 Å². The van der Waals surface area contributed by atoms with Gasteiger partial charge in [0, 0.05) is 44.1 Å². The lowest BCUT2D eigenvalue weighted by Gasteiger charge is -2.40. The van der Waals surface area contributed by atoms with E-state index in [1.807, 2.05) is 116 Å². The molecule has 1 unspecified atom stereocenters. The van der Waals surface area contributed by atoms with Crippen LogP contribution in [0.4, 0.5) is 11.4 Å². The van der Waals surface area contributed by atoms with Gasteiger partial charge in [-0.05, 0) is 62.6 Å². The Bertz CT molecular complexity index is 1780. The molecule has 3 aromatic rings. The smallest absolute Gasteiger partial charge is 0.253 e. The van der Waals surface area contributed by atoms with Gasteiger partial charge in [0.15, 0.2) is 0 Å². The molecular formula is C41H46N4O5. The zero-order valence-corrected chi connectivity index (χ0v) is 29.0. The molecule has 0 saturated carbocycles. The molecule has 2 fully saturated rings. The maximum atomic E-state index is 15.1. The summed E-state index contributed by atoms with van der Waals surface area (Å²) in [4.78, 5) is 52.1. The minimum Gasteiger partial charge on any atom is -0.394 e. The second kappa shape index (κ2) is 13.5. The molecule has 4 heterocycles. The van der Waals surface area contributed by atoms with E-state index in [1.165, 1.54) is 0 Å². The van der Waals surface area contributed by atoms with E-state index in [1.54, 1.807) is 14.7 Å². The van der Waals surface area contributed by atoms with Crippen LogP contribution in [0.15, 0.2) is 109 Å². The zero-order chi connectivity index (χ0) is 35.0. The monoisotopic (exact) mass is 674 g/mol. The summed E-state index contributed by atoms with van der Waals surface area (Å²) in [5, 5.41) is 10.9. The van der Waals surface area contributed by atoms with Crippen LogP contribution in [-0.4, -0.2) is 88.7 Å². The van der Waals surface area contributed by atoms with Gasteiger partial charge in [0.1, 0.15) is 11.6 Å². The van der Waals surface area contributed by atoms with Crippen LogP contribution in [0.2, 0.25) is 0 Å². The van der Waals surface area contributed by atoms with E-state index in [9.17, 15) is 9.90 Å². The summed E-state index contributed by atoms with van der Waals surface area (Å²) in [6.07, 6.45) is 7.95. The van der Waals surface area contributed by atoms with Gasteiger partial charge >= 0.3 is 0 Å². The first-order valence-electron chi connectivity index (χ1n) is 17.8. The second-order valence-corrected chi connectivity index (χ2v) is 13.9. The van der Waals surface area contributed by atoms with Gasteiger partial charge in [-0.15, -0.1) is 0 Å². The Morgan fingerprint density at radius 3 is 2.08 bits per heavy atom. The summed E-state index contributed by atoms with van der Waals surface area (Å²) in [6, 6.07) is 25.6. The van der Waals surface area contributed by atoms with Crippen molar-refractivity contribution in [2.24, 2.45) is 11.8 Å². The molecule has 4 aliphatic heterocycles. The standard InChI is InChI=1S/C41H46N4O5/c1-4-42(5-2)31-18-20-32(21-19-31)44-25-13-23-41-35(38(48)45(36(41)39(44)49)33(28-46)26-29-14-8-6-9-15-29)34-37(47)43(24-12-22-40(34,3)50-41)27-30-16-10-7-11-17-30/h6-23,33-36,46H,4-5,24-28H2,1-3H3/t33-,34+,35+,36?,40-,41+/m1/s1. The van der Waals surface area contributed by atoms with E-state index in [-0.39, 0.29) is 30.9 Å². The molecule has 1 spiro atoms. The average molecular weight is 675 g/mol. The number of amides is 3. The quantitative estimate of drug-likeness (QED) is 0.316. The van der Waals surface area contributed by atoms with E-state index in [4.69, 9.17) is 4.74 Å². The number of fused-ring (bicyclic) bond motifs is 2. The number of aliphatic hydroxyl groups is 1. The fourth-order valence-corrected chi connectivity index (χ4v) is 8.65. The highest BCUT2D eigenvalue weighted by molar-refractivity contribution is 6.06. The van der Waals surface area contributed by atoms with Crippen molar-refractivity contribution in [3.8, 4) is 0 Å². The Hall–Kier alpha value is -4.73. The van der Waals surface area contributed by atoms with Gasteiger partial charge in [0.05, 0.1) is 30.1 Å². The van der Waals surface area contributed by atoms with E-state index in [0.717, 1.165) is 29.9 Å². The van der Waals surface area contributed by atoms with Gasteiger partial charge < -0.3 is 29.4 Å². The van der Waals surface area contributed by atoms with Crippen LogP contribution in [0.3, 0.4) is 0 Å². The summed E-state index contributed by atoms with van der Waals surface area (Å²) in [6.45, 7) is 8.48. The number of anilines is 2. The van der Waals surface area contributed by atoms with Crippen LogP contribution in [0, 0.1) is 11.8 Å². The fourth-order valence-electron chi connectivity index (χ4n) is 8.65. The molecule has 0 aliphatic carbocycles. The molecular weight excluding hydrogens is 628 g/mol. The molecule has 3 amide bonds. The number of hydrogen-bond acceptors (Lipinski definition) is 6. The van der Waals surface area contributed by atoms with Crippen LogP contribution in [0.25, 0.3) is 0 Å². The fraction of sp³-hybridized carbons (Fsp3) is 0.390. The molecule has 1 N–H and O–H groups in total. The molecule has 50 heavy (non-hydrogen) atoms. The SMILES string of the molecule is CCN(CC)c1ccc(N2CC=C[C@]34O[C@]5(C)C=CCN(Cc6ccccc6)C(=O)[C@@H]5[C@H]3C(=O)N([C@@H](CO)Cc3ccccc3)C4C2=O)cc1. The third-order valence-corrected chi connectivity index (χ3v) is 11.0. The molecule has 7 rings (SSSR count). The first-order valence-corrected chi connectivity index (χ1v) is 17.8. The lowest BCUT2D eigenvalue weighted by Crippen LogP contribution is -2.59. The Balaban J connectivity index is 1.31. The predicted octanol–water partition coefficient (Wildman–Crippen LogP) is 4.61. The van der Waals surface area contributed by atoms with Crippen LogP contribution in [0.1, 0.15) is 31.9 Å². The Morgan fingerprint density at radius 1 is 0.800 bits per heavy atom. The second-order valence-electron chi connectivity index (χ2n) is 13.9. The van der Waals surface area contributed by atoms with Crippen LogP contribution in [-0.2, 0) is 32.1 Å². The summed E-state index contributed by atoms with van der Waals surface area (Å²) >= 11 is 0. The summed E-state index contributed by atoms with van der Waals surface area (Å²) in [5.41, 5.74) is 1.12. The molecule has 6 atom stereocenters. The third kappa shape index (κ3) is 5.62. The molecule has 9 heteroatoms. The van der Waals surface area contributed by atoms with Crippen molar-refractivity contribution >= 4 is 29.1 Å². The van der Waals surface area contributed by atoms with Crippen molar-refractivity contribution in [2.45, 2.75) is 57.0 Å². The van der Waals surface area contributed by atoms with Gasteiger partial charge in [-0.3, -0.25) is 14.4 Å². The highest BCUT2D eigenvalue weighted by atomic mass is 16.5. The number of likely N-dealkylation sites (tertiary alicyclic amines) is 1. The van der Waals surface area contributed by atoms with E-state index in [0.29, 0.717) is 25.2 Å². The molecule has 3 aromatic carbocycles. The number of benzene rings is 3. The van der Waals surface area contributed by atoms with Crippen LogP contribution in [0.5, 0.6) is 0 Å². The highest BCUT2D eigenvalue weighted by Gasteiger charge is 2.75. The molecule has 9 nitrogen and oxygen atoms in total. The van der Waals surface area contributed by atoms with E-state index < -0.39 is 35.1 Å².